The fraction of sp³-hybridized carbons (Fsp3) is 0.211. The maximum absolute atomic E-state index is 12.4. The van der Waals surface area contributed by atoms with Gasteiger partial charge >= 0.3 is 0 Å². The topological polar surface area (TPSA) is 73.0 Å². The lowest BCUT2D eigenvalue weighted by molar-refractivity contribution is -0.120. The molecule has 0 aliphatic carbocycles. The van der Waals surface area contributed by atoms with Crippen molar-refractivity contribution in [3.8, 4) is 11.6 Å². The first-order valence-corrected chi connectivity index (χ1v) is 9.13. The van der Waals surface area contributed by atoms with Crippen LogP contribution in [0.3, 0.4) is 0 Å². The first kappa shape index (κ1) is 18.0. The van der Waals surface area contributed by atoms with Gasteiger partial charge in [0.1, 0.15) is 0 Å². The molecule has 6 nitrogen and oxygen atoms in total. The molecule has 7 heteroatoms. The molecule has 1 N–H and O–H groups in total. The van der Waals surface area contributed by atoms with Gasteiger partial charge in [0.25, 0.3) is 0 Å². The normalized spacial score (nSPS) is 11.9. The summed E-state index contributed by atoms with van der Waals surface area (Å²) in [6.45, 7) is 6.67. The highest BCUT2D eigenvalue weighted by atomic mass is 32.2. The zero-order valence-electron chi connectivity index (χ0n) is 14.5. The molecule has 2 heterocycles. The van der Waals surface area contributed by atoms with Crippen molar-refractivity contribution in [3.05, 3.63) is 66.9 Å². The van der Waals surface area contributed by atoms with Crippen LogP contribution in [0, 0.1) is 0 Å². The van der Waals surface area contributed by atoms with Gasteiger partial charge in [-0.3, -0.25) is 9.36 Å². The summed E-state index contributed by atoms with van der Waals surface area (Å²) in [6.07, 6.45) is 3.36. The van der Waals surface area contributed by atoms with Gasteiger partial charge in [0.05, 0.1) is 11.5 Å². The molecule has 0 aliphatic rings. The molecule has 134 valence electrons. The average molecular weight is 368 g/mol. The van der Waals surface area contributed by atoms with Crippen LogP contribution in [0.2, 0.25) is 0 Å². The molecule has 26 heavy (non-hydrogen) atoms. The molecule has 1 amide bonds. The van der Waals surface area contributed by atoms with Gasteiger partial charge in [-0.25, -0.2) is 0 Å². The molecule has 1 atom stereocenters. The first-order valence-electron chi connectivity index (χ1n) is 8.25. The highest BCUT2D eigenvalue weighted by molar-refractivity contribution is 8.00. The molecule has 0 saturated heterocycles. The molecular weight excluding hydrogens is 348 g/mol. The van der Waals surface area contributed by atoms with Crippen LogP contribution in [0.15, 0.2) is 71.0 Å². The van der Waals surface area contributed by atoms with Crippen LogP contribution >= 0.6 is 11.8 Å². The molecule has 0 saturated carbocycles. The van der Waals surface area contributed by atoms with E-state index in [0.29, 0.717) is 29.8 Å². The third-order valence-corrected chi connectivity index (χ3v) is 4.81. The van der Waals surface area contributed by atoms with Crippen molar-refractivity contribution in [2.45, 2.75) is 30.4 Å². The highest BCUT2D eigenvalue weighted by Gasteiger charge is 2.21. The molecule has 3 aromatic rings. The number of carbonyl (C=O) groups is 1. The third kappa shape index (κ3) is 4.23. The van der Waals surface area contributed by atoms with Crippen LogP contribution in [0.1, 0.15) is 12.5 Å². The van der Waals surface area contributed by atoms with E-state index in [1.54, 1.807) is 18.4 Å². The second kappa shape index (κ2) is 8.53. The van der Waals surface area contributed by atoms with Crippen LogP contribution < -0.4 is 5.32 Å². The van der Waals surface area contributed by atoms with Gasteiger partial charge in [0.15, 0.2) is 10.9 Å². The summed E-state index contributed by atoms with van der Waals surface area (Å²) in [5, 5.41) is 11.7. The van der Waals surface area contributed by atoms with E-state index in [4.69, 9.17) is 4.42 Å². The second-order valence-electron chi connectivity index (χ2n) is 5.65. The van der Waals surface area contributed by atoms with Gasteiger partial charge < -0.3 is 9.73 Å². The SMILES string of the molecule is C=CCn1c(SC(C)C(=O)NCc2ccccc2)nnc1-c1ccco1. The minimum Gasteiger partial charge on any atom is -0.461 e. The number of nitrogens with zero attached hydrogens (tertiary/aromatic N) is 3. The van der Waals surface area contributed by atoms with Gasteiger partial charge in [-0.15, -0.1) is 16.8 Å². The Kier molecular flexibility index (Phi) is 5.91. The molecule has 0 radical (unpaired) electrons. The summed E-state index contributed by atoms with van der Waals surface area (Å²) in [6, 6.07) is 13.4. The third-order valence-electron chi connectivity index (χ3n) is 3.73. The largest absolute Gasteiger partial charge is 0.461 e. The molecule has 0 bridgehead atoms. The van der Waals surface area contributed by atoms with Gasteiger partial charge in [0.2, 0.25) is 11.7 Å². The molecule has 0 spiro atoms. The first-order chi connectivity index (χ1) is 12.7. The molecule has 0 aliphatic heterocycles. The number of nitrogens with one attached hydrogen (secondary N) is 1. The Balaban J connectivity index is 1.67. The van der Waals surface area contributed by atoms with Crippen molar-refractivity contribution in [3.63, 3.8) is 0 Å². The number of hydrogen-bond donors (Lipinski definition) is 1. The summed E-state index contributed by atoms with van der Waals surface area (Å²) in [5.41, 5.74) is 1.06. The summed E-state index contributed by atoms with van der Waals surface area (Å²) >= 11 is 1.36. The van der Waals surface area contributed by atoms with Gasteiger partial charge in [-0.1, -0.05) is 48.2 Å². The molecule has 2 aromatic heterocycles. The predicted molar refractivity (Wildman–Crippen MR) is 102 cm³/mol. The lowest BCUT2D eigenvalue weighted by atomic mass is 10.2. The zero-order chi connectivity index (χ0) is 18.4. The Hall–Kier alpha value is -2.80. The zero-order valence-corrected chi connectivity index (χ0v) is 15.3. The van der Waals surface area contributed by atoms with Gasteiger partial charge in [-0.2, -0.15) is 0 Å². The van der Waals surface area contributed by atoms with E-state index in [0.717, 1.165) is 5.56 Å². The Morgan fingerprint density at radius 2 is 2.12 bits per heavy atom. The van der Waals surface area contributed by atoms with Crippen molar-refractivity contribution in [2.75, 3.05) is 0 Å². The molecule has 1 aromatic carbocycles. The van der Waals surface area contributed by atoms with Crippen molar-refractivity contribution in [1.29, 1.82) is 0 Å². The van der Waals surface area contributed by atoms with Crippen molar-refractivity contribution < 1.29 is 9.21 Å². The highest BCUT2D eigenvalue weighted by Crippen LogP contribution is 2.27. The van der Waals surface area contributed by atoms with Crippen LogP contribution in [0.5, 0.6) is 0 Å². The quantitative estimate of drug-likeness (QED) is 0.486. The fourth-order valence-corrected chi connectivity index (χ4v) is 3.28. The Bertz CT molecular complexity index is 859. The van der Waals surface area contributed by atoms with E-state index in [1.807, 2.05) is 47.9 Å². The fourth-order valence-electron chi connectivity index (χ4n) is 2.40. The van der Waals surface area contributed by atoms with E-state index in [9.17, 15) is 4.79 Å². The predicted octanol–water partition coefficient (Wildman–Crippen LogP) is 3.52. The summed E-state index contributed by atoms with van der Waals surface area (Å²) < 4.78 is 7.30. The Morgan fingerprint density at radius 3 is 2.81 bits per heavy atom. The van der Waals surface area contributed by atoms with Crippen LogP contribution in [-0.2, 0) is 17.9 Å². The standard InChI is InChI=1S/C19H20N4O2S/c1-3-11-23-17(16-10-7-12-25-16)21-22-19(23)26-14(2)18(24)20-13-15-8-5-4-6-9-15/h3-10,12,14H,1,11,13H2,2H3,(H,20,24). The molecule has 1 unspecified atom stereocenters. The minimum absolute atomic E-state index is 0.0495. The second-order valence-corrected chi connectivity index (χ2v) is 6.95. The van der Waals surface area contributed by atoms with E-state index < -0.39 is 0 Å². The lowest BCUT2D eigenvalue weighted by Gasteiger charge is -2.12. The van der Waals surface area contributed by atoms with Crippen LogP contribution in [-0.4, -0.2) is 25.9 Å². The maximum Gasteiger partial charge on any atom is 0.233 e. The van der Waals surface area contributed by atoms with Crippen molar-refractivity contribution in [2.24, 2.45) is 0 Å². The Labute approximate surface area is 156 Å². The molecule has 3 rings (SSSR count). The number of allylic oxidation sites excluding steroid dienone is 1. The van der Waals surface area contributed by atoms with Crippen LogP contribution in [0.25, 0.3) is 11.6 Å². The summed E-state index contributed by atoms with van der Waals surface area (Å²) in [7, 11) is 0. The minimum atomic E-state index is -0.309. The number of thioether (sulfide) groups is 1. The van der Waals surface area contributed by atoms with E-state index in [2.05, 4.69) is 22.1 Å². The monoisotopic (exact) mass is 368 g/mol. The molecular formula is C19H20N4O2S. The van der Waals surface area contributed by atoms with Gasteiger partial charge in [-0.05, 0) is 24.6 Å². The van der Waals surface area contributed by atoms with Crippen molar-refractivity contribution in [1.82, 2.24) is 20.1 Å². The number of amides is 1. The van der Waals surface area contributed by atoms with E-state index in [-0.39, 0.29) is 11.2 Å². The van der Waals surface area contributed by atoms with Crippen molar-refractivity contribution >= 4 is 17.7 Å². The maximum atomic E-state index is 12.4. The summed E-state index contributed by atoms with van der Waals surface area (Å²) in [5.74, 6) is 1.20. The smallest absolute Gasteiger partial charge is 0.233 e. The number of benzene rings is 1. The van der Waals surface area contributed by atoms with Gasteiger partial charge in [0, 0.05) is 13.1 Å². The lowest BCUT2D eigenvalue weighted by Crippen LogP contribution is -2.30. The average Bonchev–Trinajstić information content (AvgIpc) is 3.31. The number of aromatic nitrogens is 3. The molecule has 0 fully saturated rings. The van der Waals surface area contributed by atoms with E-state index >= 15 is 0 Å². The number of hydrogen-bond acceptors (Lipinski definition) is 5. The van der Waals surface area contributed by atoms with E-state index in [1.165, 1.54) is 11.8 Å². The van der Waals surface area contributed by atoms with Crippen LogP contribution in [0.4, 0.5) is 0 Å². The number of rotatable bonds is 8. The Morgan fingerprint density at radius 1 is 1.31 bits per heavy atom. The number of carbonyl (C=O) groups excluding carboxylic acids is 1. The summed E-state index contributed by atoms with van der Waals surface area (Å²) in [4.78, 5) is 12.4. The number of furan rings is 1.